The Labute approximate surface area is 704 Å². The summed E-state index contributed by atoms with van der Waals surface area (Å²) in [6.45, 7) is 12.8. The Morgan fingerprint density at radius 3 is 0.821 bits per heavy atom. The summed E-state index contributed by atoms with van der Waals surface area (Å²) in [6.07, 6.45) is 7.24. The van der Waals surface area contributed by atoms with Gasteiger partial charge in [-0.15, -0.1) is 48.5 Å². The van der Waals surface area contributed by atoms with Crippen LogP contribution in [-0.2, 0) is 124 Å². The topological polar surface area (TPSA) is 81.2 Å². The van der Waals surface area contributed by atoms with Gasteiger partial charge < -0.3 is 28.4 Å². The number of ether oxygens (including phenoxy) is 6. The van der Waals surface area contributed by atoms with Crippen molar-refractivity contribution >= 4 is 0 Å². The number of aromatic nitrogens is 2. The molecule has 0 unspecified atom stereocenters. The van der Waals surface area contributed by atoms with E-state index in [1.54, 1.807) is 21.3 Å². The number of hydrogen-bond donors (Lipinski definition) is 0. The molecule has 0 N–H and O–H groups in total. The van der Waals surface area contributed by atoms with Crippen molar-refractivity contribution in [1.29, 1.82) is 0 Å². The Bertz CT molecular complexity index is 4450. The molecule has 0 bridgehead atoms. The predicted molar refractivity (Wildman–Crippen MR) is 417 cm³/mol. The quantitative estimate of drug-likeness (QED) is 0.0786. The Balaban J connectivity index is 0.000000216. The van der Waals surface area contributed by atoms with Gasteiger partial charge in [0.1, 0.15) is 28.7 Å². The molecule has 2 aromatic heterocycles. The van der Waals surface area contributed by atoms with Crippen molar-refractivity contribution in [3.8, 4) is 62.9 Å². The van der Waals surface area contributed by atoms with Crippen LogP contribution in [0.25, 0.3) is 11.1 Å². The van der Waals surface area contributed by atoms with Crippen molar-refractivity contribution < 1.29 is 127 Å². The summed E-state index contributed by atoms with van der Waals surface area (Å²) in [5, 5.41) is 0. The minimum absolute atomic E-state index is 0. The molecule has 14 rings (SSSR count). The molecule has 12 aromatic carbocycles. The fourth-order valence-corrected chi connectivity index (χ4v) is 10.6. The second-order valence-corrected chi connectivity index (χ2v) is 24.3. The average Bonchev–Trinajstić information content (AvgIpc) is 0.801. The van der Waals surface area contributed by atoms with Gasteiger partial charge in [0.15, 0.2) is 0 Å². The Hall–Kier alpha value is -8.95. The van der Waals surface area contributed by atoms with E-state index >= 15 is 0 Å². The van der Waals surface area contributed by atoms with Crippen LogP contribution in [0.5, 0.6) is 51.7 Å². The molecule has 0 amide bonds. The fraction of sp³-hybridized carbons (Fsp3) is 0.137. The van der Waals surface area contributed by atoms with E-state index in [0.29, 0.717) is 0 Å². The predicted octanol–water partition coefficient (Wildman–Crippen LogP) is 23.0. The Kier molecular flexibility index (Phi) is 38.6. The number of methoxy groups -OCH3 is 3. The van der Waals surface area contributed by atoms with Gasteiger partial charge in [-0.05, 0) is 193 Å². The number of benzene rings is 12. The number of nitrogens with zero attached hydrogens (tertiary/aromatic N) is 2. The molecule has 11 heteroatoms. The third-order valence-electron chi connectivity index (χ3n) is 16.4. The largest absolute Gasteiger partial charge is 0.522 e. The summed E-state index contributed by atoms with van der Waals surface area (Å²) in [4.78, 5) is 9.27. The number of pyridine rings is 2. The van der Waals surface area contributed by atoms with E-state index in [2.05, 4.69) is 185 Å². The standard InChI is InChI=1S/2C26H22NO2.C23H23O.C7H7O.C7H7.C6H5.3Y/c2*1-28-24-13-8-20(9-14-24)17-22-7-12-23(27-19-22)18-21-10-15-26(16-11-21)29-25-5-3-2-4-6-25;1-15-11-20(12-16(2)19(15)5)21-13-17(3)23(18(4)14-21)24-22-9-7-6-8-10-22;1-8-7-5-3-2-4-6-7;1-7-5-3-2-4-6-7;1-2-4-6-5-3-1;;;/h2*3-16,19H,17-18H2,1H3;7-14H,1-5H3;3-6H,1H3;3-6H,1H3;1-5H;;;/q6*-1;;;. The first-order chi connectivity index (χ1) is 50.3. The van der Waals surface area contributed by atoms with Crippen LogP contribution in [0.1, 0.15) is 78.1 Å². The van der Waals surface area contributed by atoms with Crippen LogP contribution in [0, 0.1) is 77.9 Å². The van der Waals surface area contributed by atoms with E-state index in [9.17, 15) is 0 Å². The molecule has 0 aliphatic carbocycles. The molecule has 106 heavy (non-hydrogen) atoms. The van der Waals surface area contributed by atoms with E-state index in [1.807, 2.05) is 213 Å². The van der Waals surface area contributed by atoms with Gasteiger partial charge in [0.25, 0.3) is 0 Å². The zero-order valence-corrected chi connectivity index (χ0v) is 70.4. The van der Waals surface area contributed by atoms with Crippen LogP contribution >= 0.6 is 0 Å². The Morgan fingerprint density at radius 1 is 0.264 bits per heavy atom. The maximum atomic E-state index is 6.08. The van der Waals surface area contributed by atoms with E-state index in [-0.39, 0.29) is 98.1 Å². The summed E-state index contributed by atoms with van der Waals surface area (Å²) in [6, 6.07) is 115. The number of rotatable bonds is 18. The molecule has 0 spiro atoms. The zero-order chi connectivity index (χ0) is 72.2. The maximum Gasteiger partial charge on any atom is 0.130 e. The molecule has 8 nitrogen and oxygen atoms in total. The summed E-state index contributed by atoms with van der Waals surface area (Å²) < 4.78 is 33.0. The van der Waals surface area contributed by atoms with Gasteiger partial charge in [0.05, 0.1) is 21.3 Å². The van der Waals surface area contributed by atoms with Crippen molar-refractivity contribution in [3.05, 3.63) is 424 Å². The van der Waals surface area contributed by atoms with E-state index in [0.717, 1.165) is 99.9 Å². The van der Waals surface area contributed by atoms with Gasteiger partial charge in [-0.1, -0.05) is 79.7 Å². The fourth-order valence-electron chi connectivity index (χ4n) is 10.6. The first-order valence-electron chi connectivity index (χ1n) is 34.1. The van der Waals surface area contributed by atoms with Crippen LogP contribution in [-0.4, -0.2) is 31.3 Å². The van der Waals surface area contributed by atoms with Gasteiger partial charge >= 0.3 is 0 Å². The molecule has 14 aromatic rings. The van der Waals surface area contributed by atoms with Crippen molar-refractivity contribution in [2.24, 2.45) is 0 Å². The number of hydrogen-bond acceptors (Lipinski definition) is 8. The molecule has 0 fully saturated rings. The molecular formula is C95H86N2O6Y3-6. The molecular weight excluding hydrogens is 1530 g/mol. The number of aryl methyl sites for hydroxylation is 5. The third kappa shape index (κ3) is 30.1. The monoisotopic (exact) mass is 1620 g/mol. The maximum absolute atomic E-state index is 6.08. The van der Waals surface area contributed by atoms with Crippen LogP contribution < -0.4 is 28.4 Å². The molecule has 0 aliphatic rings. The second-order valence-electron chi connectivity index (χ2n) is 24.3. The molecule has 527 valence electrons. The van der Waals surface area contributed by atoms with Gasteiger partial charge in [0, 0.05) is 158 Å². The minimum atomic E-state index is 0. The molecule has 0 atom stereocenters. The Morgan fingerprint density at radius 2 is 0.538 bits per heavy atom. The smallest absolute Gasteiger partial charge is 0.130 e. The van der Waals surface area contributed by atoms with E-state index in [1.165, 1.54) is 66.8 Å². The molecule has 3 radical (unpaired) electrons. The molecule has 0 aliphatic heterocycles. The summed E-state index contributed by atoms with van der Waals surface area (Å²) in [5.74, 6) is 7.67. The normalized spacial score (nSPS) is 9.86. The summed E-state index contributed by atoms with van der Waals surface area (Å²) >= 11 is 0. The van der Waals surface area contributed by atoms with Crippen molar-refractivity contribution in [3.63, 3.8) is 0 Å². The SMILES string of the molecule is COc1cc[c-]cc1.COc1ccc(Cc2ccc(Cc3ccc(Oc4cc[c-]cc4)cc3)nc2)cc1.COc1ccc(Cc2ccc(Cc3ccc(Oc4cc[c-]cc4)cc3)nc2)cc1.Cc1cc(-c2cc(C)c(Oc3cc[c-]cc3)c(C)c2)cc(C)c1C.Cc1cc[c-]cc1.[Y].[Y].[Y].[c-]1ccccc1. The van der Waals surface area contributed by atoms with Crippen molar-refractivity contribution in [2.75, 3.05) is 21.3 Å². The second kappa shape index (κ2) is 47.6. The zero-order valence-electron chi connectivity index (χ0n) is 61.8. The van der Waals surface area contributed by atoms with Crippen LogP contribution in [0.4, 0.5) is 0 Å². The summed E-state index contributed by atoms with van der Waals surface area (Å²) in [5.41, 5.74) is 19.5. The summed E-state index contributed by atoms with van der Waals surface area (Å²) in [7, 11) is 5.01. The molecule has 0 saturated carbocycles. The van der Waals surface area contributed by atoms with E-state index in [4.69, 9.17) is 28.4 Å². The van der Waals surface area contributed by atoms with Crippen LogP contribution in [0.15, 0.2) is 310 Å². The van der Waals surface area contributed by atoms with Gasteiger partial charge in [-0.2, -0.15) is 145 Å². The average molecular weight is 1620 g/mol. The van der Waals surface area contributed by atoms with Gasteiger partial charge in [0.2, 0.25) is 0 Å². The first kappa shape index (κ1) is 86.0. The molecule has 0 saturated heterocycles. The van der Waals surface area contributed by atoms with Gasteiger partial charge in [-0.25, -0.2) is 0 Å². The first-order valence-corrected chi connectivity index (χ1v) is 34.1. The third-order valence-corrected chi connectivity index (χ3v) is 16.4. The minimum Gasteiger partial charge on any atom is -0.522 e. The van der Waals surface area contributed by atoms with Gasteiger partial charge in [-0.3, -0.25) is 9.97 Å². The van der Waals surface area contributed by atoms with Crippen molar-refractivity contribution in [1.82, 2.24) is 9.97 Å². The van der Waals surface area contributed by atoms with Crippen LogP contribution in [0.2, 0.25) is 0 Å². The molecule has 2 heterocycles. The van der Waals surface area contributed by atoms with Crippen LogP contribution in [0.3, 0.4) is 0 Å². The van der Waals surface area contributed by atoms with E-state index < -0.39 is 0 Å². The van der Waals surface area contributed by atoms with Crippen molar-refractivity contribution in [2.45, 2.75) is 67.2 Å².